The van der Waals surface area contributed by atoms with Gasteiger partial charge >= 0.3 is 0 Å². The van der Waals surface area contributed by atoms with Gasteiger partial charge in [-0.05, 0) is 25.5 Å². The number of alkyl halides is 1. The van der Waals surface area contributed by atoms with E-state index in [1.807, 2.05) is 19.1 Å². The topological polar surface area (TPSA) is 22.1 Å². The molecule has 0 unspecified atom stereocenters. The van der Waals surface area contributed by atoms with Crippen LogP contribution in [0, 0.1) is 6.92 Å². The van der Waals surface area contributed by atoms with Crippen molar-refractivity contribution in [2.24, 2.45) is 0 Å². The number of pyridine rings is 1. The molecule has 1 heterocycles. The number of nitrogens with zero attached hydrogens (tertiary/aromatic N) is 1. The Bertz CT molecular complexity index is 355. The van der Waals surface area contributed by atoms with Crippen molar-refractivity contribution in [1.82, 2.24) is 4.98 Å². The molecule has 0 amide bonds. The summed E-state index contributed by atoms with van der Waals surface area (Å²) in [6.45, 7) is 4.98. The van der Waals surface area contributed by atoms with Gasteiger partial charge in [-0.2, -0.15) is 0 Å². The molecule has 0 bridgehead atoms. The first kappa shape index (κ1) is 16.3. The van der Waals surface area contributed by atoms with E-state index in [1.54, 1.807) is 0 Å². The summed E-state index contributed by atoms with van der Waals surface area (Å²) >= 11 is 5.87. The van der Waals surface area contributed by atoms with E-state index < -0.39 is 0 Å². The zero-order valence-corrected chi connectivity index (χ0v) is 13.0. The van der Waals surface area contributed by atoms with Crippen molar-refractivity contribution >= 4 is 11.6 Å². The van der Waals surface area contributed by atoms with Crippen molar-refractivity contribution in [3.05, 3.63) is 23.5 Å². The Kier molecular flexibility index (Phi) is 8.64. The Balaban J connectivity index is 2.15. The molecular weight excluding hydrogens is 258 g/mol. The molecule has 19 heavy (non-hydrogen) atoms. The van der Waals surface area contributed by atoms with Gasteiger partial charge < -0.3 is 4.74 Å². The highest BCUT2D eigenvalue weighted by Crippen LogP contribution is 2.19. The summed E-state index contributed by atoms with van der Waals surface area (Å²) in [6, 6.07) is 3.94. The van der Waals surface area contributed by atoms with Crippen molar-refractivity contribution < 1.29 is 4.74 Å². The van der Waals surface area contributed by atoms with Crippen LogP contribution >= 0.6 is 11.6 Å². The van der Waals surface area contributed by atoms with Gasteiger partial charge in [-0.1, -0.05) is 45.4 Å². The van der Waals surface area contributed by atoms with Crippen LogP contribution in [-0.4, -0.2) is 11.6 Å². The van der Waals surface area contributed by atoms with Crippen LogP contribution in [-0.2, 0) is 5.88 Å². The number of hydrogen-bond acceptors (Lipinski definition) is 2. The van der Waals surface area contributed by atoms with Crippen molar-refractivity contribution in [3.63, 3.8) is 0 Å². The molecule has 0 spiro atoms. The Morgan fingerprint density at radius 3 is 2.42 bits per heavy atom. The van der Waals surface area contributed by atoms with E-state index in [4.69, 9.17) is 16.3 Å². The largest absolute Gasteiger partial charge is 0.492 e. The molecular formula is C16H26ClNO. The van der Waals surface area contributed by atoms with Gasteiger partial charge in [0, 0.05) is 5.69 Å². The monoisotopic (exact) mass is 283 g/mol. The quantitative estimate of drug-likeness (QED) is 0.432. The molecule has 0 saturated heterocycles. The summed E-state index contributed by atoms with van der Waals surface area (Å²) in [6.07, 6.45) is 9.08. The predicted octanol–water partition coefficient (Wildman–Crippen LogP) is 5.26. The molecule has 0 saturated carbocycles. The predicted molar refractivity (Wildman–Crippen MR) is 82.0 cm³/mol. The lowest BCUT2D eigenvalue weighted by Gasteiger charge is -2.09. The number of unbranched alkanes of at least 4 members (excludes halogenated alkanes) is 6. The van der Waals surface area contributed by atoms with Crippen LogP contribution < -0.4 is 4.74 Å². The number of aromatic nitrogens is 1. The molecule has 0 atom stereocenters. The number of rotatable bonds is 10. The second kappa shape index (κ2) is 10.1. The van der Waals surface area contributed by atoms with Gasteiger partial charge in [0.2, 0.25) is 0 Å². The van der Waals surface area contributed by atoms with Gasteiger partial charge in [0.25, 0.3) is 0 Å². The lowest BCUT2D eigenvalue weighted by molar-refractivity contribution is 0.300. The third kappa shape index (κ3) is 6.81. The van der Waals surface area contributed by atoms with E-state index in [9.17, 15) is 0 Å². The van der Waals surface area contributed by atoms with Crippen LogP contribution in [0.5, 0.6) is 5.75 Å². The molecule has 108 valence electrons. The first-order chi connectivity index (χ1) is 9.27. The first-order valence-electron chi connectivity index (χ1n) is 7.43. The molecule has 0 aromatic carbocycles. The lowest BCUT2D eigenvalue weighted by Crippen LogP contribution is -2.01. The van der Waals surface area contributed by atoms with E-state index in [1.165, 1.54) is 38.5 Å². The van der Waals surface area contributed by atoms with E-state index in [-0.39, 0.29) is 0 Å². The molecule has 0 radical (unpaired) electrons. The zero-order valence-electron chi connectivity index (χ0n) is 12.3. The summed E-state index contributed by atoms with van der Waals surface area (Å²) in [4.78, 5) is 4.38. The molecule has 1 aromatic rings. The fourth-order valence-electron chi connectivity index (χ4n) is 2.07. The van der Waals surface area contributed by atoms with Crippen LogP contribution in [0.1, 0.15) is 63.3 Å². The van der Waals surface area contributed by atoms with Crippen molar-refractivity contribution in [2.45, 2.75) is 64.7 Å². The van der Waals surface area contributed by atoms with Gasteiger partial charge in [-0.15, -0.1) is 11.6 Å². The molecule has 1 aromatic heterocycles. The molecule has 0 aliphatic rings. The van der Waals surface area contributed by atoms with E-state index in [0.717, 1.165) is 30.2 Å². The molecule has 0 N–H and O–H groups in total. The maximum absolute atomic E-state index is 5.87. The lowest BCUT2D eigenvalue weighted by atomic mass is 10.1. The van der Waals surface area contributed by atoms with E-state index in [0.29, 0.717) is 5.88 Å². The van der Waals surface area contributed by atoms with Crippen molar-refractivity contribution in [3.8, 4) is 5.75 Å². The van der Waals surface area contributed by atoms with Crippen LogP contribution in [0.2, 0.25) is 0 Å². The fourth-order valence-corrected chi connectivity index (χ4v) is 2.26. The molecule has 1 rings (SSSR count). The maximum Gasteiger partial charge on any atom is 0.142 e. The summed E-state index contributed by atoms with van der Waals surface area (Å²) in [7, 11) is 0. The van der Waals surface area contributed by atoms with E-state index in [2.05, 4.69) is 11.9 Å². The molecule has 2 nitrogen and oxygen atoms in total. The third-order valence-electron chi connectivity index (χ3n) is 3.20. The highest BCUT2D eigenvalue weighted by Gasteiger charge is 2.04. The number of ether oxygens (including phenoxy) is 1. The van der Waals surface area contributed by atoms with Crippen LogP contribution in [0.3, 0.4) is 0 Å². The minimum absolute atomic E-state index is 0.411. The summed E-state index contributed by atoms with van der Waals surface area (Å²) in [5.41, 5.74) is 1.84. The second-order valence-electron chi connectivity index (χ2n) is 5.00. The van der Waals surface area contributed by atoms with E-state index >= 15 is 0 Å². The Labute approximate surface area is 122 Å². The highest BCUT2D eigenvalue weighted by atomic mass is 35.5. The molecule has 0 aliphatic carbocycles. The van der Waals surface area contributed by atoms with Gasteiger partial charge in [-0.3, -0.25) is 4.98 Å². The van der Waals surface area contributed by atoms with Crippen molar-refractivity contribution in [2.75, 3.05) is 6.61 Å². The van der Waals surface area contributed by atoms with Gasteiger partial charge in [0.05, 0.1) is 18.2 Å². The SMILES string of the molecule is CCCCCCCCCOc1ccc(C)nc1CCl. The fraction of sp³-hybridized carbons (Fsp3) is 0.688. The van der Waals surface area contributed by atoms with Crippen LogP contribution in [0.25, 0.3) is 0 Å². The Hall–Kier alpha value is -0.760. The summed E-state index contributed by atoms with van der Waals surface area (Å²) in [5.74, 6) is 1.25. The smallest absolute Gasteiger partial charge is 0.142 e. The number of aryl methyl sites for hydroxylation is 1. The van der Waals surface area contributed by atoms with Gasteiger partial charge in [-0.25, -0.2) is 0 Å². The van der Waals surface area contributed by atoms with Crippen LogP contribution in [0.15, 0.2) is 12.1 Å². The van der Waals surface area contributed by atoms with Gasteiger partial charge in [0.1, 0.15) is 5.75 Å². The number of hydrogen-bond donors (Lipinski definition) is 0. The standard InChI is InChI=1S/C16H26ClNO/c1-3-4-5-6-7-8-9-12-19-16-11-10-14(2)18-15(16)13-17/h10-11H,3-9,12-13H2,1-2H3. The number of halogens is 1. The zero-order chi connectivity index (χ0) is 13.9. The second-order valence-corrected chi connectivity index (χ2v) is 5.27. The normalized spacial score (nSPS) is 10.7. The Morgan fingerprint density at radius 1 is 1.05 bits per heavy atom. The maximum atomic E-state index is 5.87. The summed E-state index contributed by atoms with van der Waals surface area (Å²) < 4.78 is 5.76. The molecule has 3 heteroatoms. The average molecular weight is 284 g/mol. The molecule has 0 aliphatic heterocycles. The molecule has 0 fully saturated rings. The Morgan fingerprint density at radius 2 is 1.74 bits per heavy atom. The highest BCUT2D eigenvalue weighted by molar-refractivity contribution is 6.17. The summed E-state index contributed by atoms with van der Waals surface area (Å²) in [5, 5.41) is 0. The van der Waals surface area contributed by atoms with Crippen molar-refractivity contribution in [1.29, 1.82) is 0 Å². The first-order valence-corrected chi connectivity index (χ1v) is 7.96. The third-order valence-corrected chi connectivity index (χ3v) is 3.46. The minimum Gasteiger partial charge on any atom is -0.492 e. The van der Waals surface area contributed by atoms with Gasteiger partial charge in [0.15, 0.2) is 0 Å². The minimum atomic E-state index is 0.411. The average Bonchev–Trinajstić information content (AvgIpc) is 2.43. The van der Waals surface area contributed by atoms with Crippen LogP contribution in [0.4, 0.5) is 0 Å².